The number of rotatable bonds is 3. The van der Waals surface area contributed by atoms with Gasteiger partial charge in [-0.3, -0.25) is 4.90 Å². The van der Waals surface area contributed by atoms with Crippen LogP contribution in [0.1, 0.15) is 19.8 Å². The summed E-state index contributed by atoms with van der Waals surface area (Å²) in [4.78, 5) is 12.3. The molecule has 0 aromatic heterocycles. The molecule has 1 fully saturated rings. The number of carboxylic acid groups (broad SMARTS) is 1. The molecule has 0 aromatic rings. The van der Waals surface area contributed by atoms with Crippen molar-refractivity contribution in [2.45, 2.75) is 25.4 Å². The van der Waals surface area contributed by atoms with Gasteiger partial charge in [0, 0.05) is 25.7 Å². The Balaban J connectivity index is 2.26. The van der Waals surface area contributed by atoms with Gasteiger partial charge >= 0.3 is 5.97 Å². The van der Waals surface area contributed by atoms with Crippen molar-refractivity contribution >= 4 is 5.97 Å². The number of likely N-dealkylation sites (tertiary alicyclic amines) is 1. The van der Waals surface area contributed by atoms with Crippen molar-refractivity contribution in [1.29, 1.82) is 0 Å². The summed E-state index contributed by atoms with van der Waals surface area (Å²) in [7, 11) is 0. The average Bonchev–Trinajstić information content (AvgIpc) is 2.07. The smallest absolute Gasteiger partial charge is 0.328 e. The highest BCUT2D eigenvalue weighted by Crippen LogP contribution is 2.20. The Morgan fingerprint density at radius 2 is 2.07 bits per heavy atom. The molecule has 0 saturated carbocycles. The van der Waals surface area contributed by atoms with Crippen molar-refractivity contribution in [3.63, 3.8) is 0 Å². The Labute approximate surface area is 83.8 Å². The molecule has 4 nitrogen and oxygen atoms in total. The molecule has 14 heavy (non-hydrogen) atoms. The molecular weight excluding hydrogens is 182 g/mol. The lowest BCUT2D eigenvalue weighted by Gasteiger charge is -2.35. The summed E-state index contributed by atoms with van der Waals surface area (Å²) in [6.45, 7) is 4.16. The molecular formula is C10H17NO3. The quantitative estimate of drug-likeness (QED) is 0.649. The number of carboxylic acids is 1. The molecule has 1 saturated heterocycles. The van der Waals surface area contributed by atoms with Gasteiger partial charge in [-0.05, 0) is 19.8 Å². The SMILES string of the molecule is CC1(O)CCN(CC=CC(=O)O)CC1. The molecule has 1 aliphatic rings. The van der Waals surface area contributed by atoms with E-state index in [1.807, 2.05) is 6.92 Å². The second kappa shape index (κ2) is 4.57. The normalized spacial score (nSPS) is 22.7. The second-order valence-electron chi connectivity index (χ2n) is 4.04. The number of piperidine rings is 1. The van der Waals surface area contributed by atoms with E-state index in [0.29, 0.717) is 6.54 Å². The van der Waals surface area contributed by atoms with E-state index in [1.54, 1.807) is 6.08 Å². The highest BCUT2D eigenvalue weighted by Gasteiger charge is 2.26. The standard InChI is InChI=1S/C10H17NO3/c1-10(14)4-7-11(8-5-10)6-2-3-9(12)13/h2-3,14H,4-8H2,1H3,(H,12,13). The molecule has 0 atom stereocenters. The number of aliphatic carboxylic acids is 1. The molecule has 0 spiro atoms. The fourth-order valence-corrected chi connectivity index (χ4v) is 1.52. The summed E-state index contributed by atoms with van der Waals surface area (Å²) in [5.41, 5.74) is -0.535. The first-order chi connectivity index (χ1) is 6.49. The summed E-state index contributed by atoms with van der Waals surface area (Å²) in [5, 5.41) is 18.0. The first kappa shape index (κ1) is 11.2. The maximum atomic E-state index is 10.2. The average molecular weight is 199 g/mol. The minimum atomic E-state index is -0.908. The highest BCUT2D eigenvalue weighted by atomic mass is 16.4. The topological polar surface area (TPSA) is 60.8 Å². The Hall–Kier alpha value is -0.870. The van der Waals surface area contributed by atoms with Crippen LogP contribution in [-0.4, -0.2) is 46.3 Å². The molecule has 1 rings (SSSR count). The van der Waals surface area contributed by atoms with E-state index in [2.05, 4.69) is 4.90 Å². The van der Waals surface area contributed by atoms with Crippen molar-refractivity contribution in [2.75, 3.05) is 19.6 Å². The van der Waals surface area contributed by atoms with Crippen molar-refractivity contribution in [2.24, 2.45) is 0 Å². The van der Waals surface area contributed by atoms with Gasteiger partial charge in [-0.15, -0.1) is 0 Å². The van der Waals surface area contributed by atoms with E-state index in [4.69, 9.17) is 5.11 Å². The Kier molecular flexibility index (Phi) is 3.66. The molecule has 1 aliphatic heterocycles. The maximum absolute atomic E-state index is 10.2. The van der Waals surface area contributed by atoms with E-state index in [9.17, 15) is 9.90 Å². The molecule has 1 heterocycles. The van der Waals surface area contributed by atoms with Crippen LogP contribution in [0.5, 0.6) is 0 Å². The number of nitrogens with zero attached hydrogens (tertiary/aromatic N) is 1. The van der Waals surface area contributed by atoms with Crippen LogP contribution in [-0.2, 0) is 4.79 Å². The van der Waals surface area contributed by atoms with Crippen molar-refractivity contribution in [3.05, 3.63) is 12.2 Å². The van der Waals surface area contributed by atoms with Gasteiger partial charge in [0.1, 0.15) is 0 Å². The minimum absolute atomic E-state index is 0.535. The summed E-state index contributed by atoms with van der Waals surface area (Å²) in [6, 6.07) is 0. The van der Waals surface area contributed by atoms with Crippen LogP contribution in [0.15, 0.2) is 12.2 Å². The van der Waals surface area contributed by atoms with Crippen LogP contribution in [0.2, 0.25) is 0 Å². The number of aliphatic hydroxyl groups is 1. The molecule has 0 radical (unpaired) electrons. The van der Waals surface area contributed by atoms with Gasteiger partial charge in [-0.2, -0.15) is 0 Å². The first-order valence-corrected chi connectivity index (χ1v) is 4.84. The molecule has 0 aromatic carbocycles. The zero-order valence-electron chi connectivity index (χ0n) is 8.44. The van der Waals surface area contributed by atoms with Crippen LogP contribution in [0, 0.1) is 0 Å². The summed E-state index contributed by atoms with van der Waals surface area (Å²) in [5.74, 6) is -0.908. The Bertz CT molecular complexity index is 226. The van der Waals surface area contributed by atoms with E-state index in [-0.39, 0.29) is 0 Å². The zero-order valence-corrected chi connectivity index (χ0v) is 8.44. The molecule has 0 bridgehead atoms. The van der Waals surface area contributed by atoms with Crippen LogP contribution < -0.4 is 0 Å². The monoisotopic (exact) mass is 199 g/mol. The zero-order chi connectivity index (χ0) is 10.6. The van der Waals surface area contributed by atoms with Gasteiger partial charge < -0.3 is 10.2 Å². The van der Waals surface area contributed by atoms with Crippen molar-refractivity contribution in [3.8, 4) is 0 Å². The van der Waals surface area contributed by atoms with E-state index < -0.39 is 11.6 Å². The van der Waals surface area contributed by atoms with Crippen molar-refractivity contribution < 1.29 is 15.0 Å². The minimum Gasteiger partial charge on any atom is -0.478 e. The molecule has 0 amide bonds. The summed E-state index contributed by atoms with van der Waals surface area (Å²) in [6.07, 6.45) is 4.32. The second-order valence-corrected chi connectivity index (χ2v) is 4.04. The van der Waals surface area contributed by atoms with Gasteiger partial charge in [-0.1, -0.05) is 6.08 Å². The fraction of sp³-hybridized carbons (Fsp3) is 0.700. The predicted molar refractivity (Wildman–Crippen MR) is 53.1 cm³/mol. The number of carbonyl (C=O) groups is 1. The van der Waals surface area contributed by atoms with Crippen molar-refractivity contribution in [1.82, 2.24) is 4.90 Å². The lowest BCUT2D eigenvalue weighted by atomic mass is 9.94. The Morgan fingerprint density at radius 1 is 1.50 bits per heavy atom. The van der Waals surface area contributed by atoms with Gasteiger partial charge in [0.05, 0.1) is 5.60 Å². The summed E-state index contributed by atoms with van der Waals surface area (Å²) < 4.78 is 0. The lowest BCUT2D eigenvalue weighted by Crippen LogP contribution is -2.42. The van der Waals surface area contributed by atoms with Gasteiger partial charge in [-0.25, -0.2) is 4.79 Å². The van der Waals surface area contributed by atoms with Crippen LogP contribution >= 0.6 is 0 Å². The largest absolute Gasteiger partial charge is 0.478 e. The van der Waals surface area contributed by atoms with Crippen LogP contribution in [0.25, 0.3) is 0 Å². The van der Waals surface area contributed by atoms with Crippen LogP contribution in [0.3, 0.4) is 0 Å². The number of hydrogen-bond acceptors (Lipinski definition) is 3. The van der Waals surface area contributed by atoms with Gasteiger partial charge in [0.15, 0.2) is 0 Å². The third-order valence-electron chi connectivity index (χ3n) is 2.56. The van der Waals surface area contributed by atoms with E-state index in [0.717, 1.165) is 32.0 Å². The highest BCUT2D eigenvalue weighted by molar-refractivity contribution is 5.79. The first-order valence-electron chi connectivity index (χ1n) is 4.84. The number of hydrogen-bond donors (Lipinski definition) is 2. The maximum Gasteiger partial charge on any atom is 0.328 e. The Morgan fingerprint density at radius 3 is 2.57 bits per heavy atom. The van der Waals surface area contributed by atoms with E-state index in [1.165, 1.54) is 0 Å². The molecule has 0 unspecified atom stereocenters. The predicted octanol–water partition coefficient (Wildman–Crippen LogP) is 0.474. The third-order valence-corrected chi connectivity index (χ3v) is 2.56. The molecule has 4 heteroatoms. The molecule has 80 valence electrons. The van der Waals surface area contributed by atoms with Gasteiger partial charge in [0.25, 0.3) is 0 Å². The lowest BCUT2D eigenvalue weighted by molar-refractivity contribution is -0.131. The molecule has 0 aliphatic carbocycles. The fourth-order valence-electron chi connectivity index (χ4n) is 1.52. The van der Waals surface area contributed by atoms with Gasteiger partial charge in [0.2, 0.25) is 0 Å². The summed E-state index contributed by atoms with van der Waals surface area (Å²) >= 11 is 0. The molecule has 2 N–H and O–H groups in total. The van der Waals surface area contributed by atoms with E-state index >= 15 is 0 Å². The third kappa shape index (κ3) is 3.89. The van der Waals surface area contributed by atoms with Crippen LogP contribution in [0.4, 0.5) is 0 Å².